The summed E-state index contributed by atoms with van der Waals surface area (Å²) in [7, 11) is 0. The number of nitrogens with one attached hydrogen (secondary N) is 2. The quantitative estimate of drug-likeness (QED) is 0.600. The molecule has 0 unspecified atom stereocenters. The minimum Gasteiger partial charge on any atom is -0.457 e. The number of pyridine rings is 1. The Bertz CT molecular complexity index is 920. The summed E-state index contributed by atoms with van der Waals surface area (Å²) < 4.78 is 5.77. The van der Waals surface area contributed by atoms with Gasteiger partial charge in [0.05, 0.1) is 0 Å². The third kappa shape index (κ3) is 4.68. The predicted molar refractivity (Wildman–Crippen MR) is 111 cm³/mol. The molecule has 0 saturated heterocycles. The molecule has 0 spiro atoms. The van der Waals surface area contributed by atoms with Crippen molar-refractivity contribution >= 4 is 17.3 Å². The summed E-state index contributed by atoms with van der Waals surface area (Å²) in [5.41, 5.74) is 2.03. The van der Waals surface area contributed by atoms with Crippen LogP contribution in [0.2, 0.25) is 0 Å². The lowest BCUT2D eigenvalue weighted by Gasteiger charge is -2.14. The van der Waals surface area contributed by atoms with Crippen LogP contribution in [0.25, 0.3) is 0 Å². The third-order valence-electron chi connectivity index (χ3n) is 4.81. The maximum atomic E-state index is 12.5. The summed E-state index contributed by atoms with van der Waals surface area (Å²) in [5, 5.41) is 6.38. The van der Waals surface area contributed by atoms with E-state index in [2.05, 4.69) is 15.6 Å². The number of ether oxygens (including phenoxy) is 1. The van der Waals surface area contributed by atoms with E-state index in [0.29, 0.717) is 23.2 Å². The monoisotopic (exact) mass is 373 g/mol. The number of hydrogen-bond donors (Lipinski definition) is 2. The molecular weight excluding hydrogens is 350 g/mol. The number of para-hydroxylation sites is 1. The highest BCUT2D eigenvalue weighted by Gasteiger charge is 2.15. The average Bonchev–Trinajstić information content (AvgIpc) is 3.23. The molecule has 0 aliphatic heterocycles. The third-order valence-corrected chi connectivity index (χ3v) is 4.81. The van der Waals surface area contributed by atoms with Crippen LogP contribution in [0.3, 0.4) is 0 Å². The van der Waals surface area contributed by atoms with E-state index in [0.717, 1.165) is 11.4 Å². The molecule has 1 fully saturated rings. The van der Waals surface area contributed by atoms with Crippen LogP contribution in [-0.2, 0) is 0 Å². The van der Waals surface area contributed by atoms with Crippen LogP contribution in [0.5, 0.6) is 11.5 Å². The van der Waals surface area contributed by atoms with Crippen molar-refractivity contribution in [2.45, 2.75) is 31.7 Å². The lowest BCUT2D eigenvalue weighted by molar-refractivity contribution is 0.102. The molecule has 1 aliphatic carbocycles. The second-order valence-corrected chi connectivity index (χ2v) is 6.95. The van der Waals surface area contributed by atoms with Crippen molar-refractivity contribution in [2.24, 2.45) is 0 Å². The zero-order valence-corrected chi connectivity index (χ0v) is 15.6. The van der Waals surface area contributed by atoms with Gasteiger partial charge >= 0.3 is 0 Å². The maximum Gasteiger partial charge on any atom is 0.274 e. The van der Waals surface area contributed by atoms with Gasteiger partial charge in [-0.1, -0.05) is 31.0 Å². The molecule has 1 saturated carbocycles. The molecule has 0 radical (unpaired) electrons. The zero-order valence-electron chi connectivity index (χ0n) is 15.6. The Kier molecular flexibility index (Phi) is 5.52. The van der Waals surface area contributed by atoms with Gasteiger partial charge in [0.2, 0.25) is 0 Å². The Morgan fingerprint density at radius 3 is 2.36 bits per heavy atom. The number of carbonyl (C=O) groups is 1. The summed E-state index contributed by atoms with van der Waals surface area (Å²) in [4.78, 5) is 16.8. The Hall–Kier alpha value is -3.34. The van der Waals surface area contributed by atoms with Crippen molar-refractivity contribution in [3.05, 3.63) is 78.6 Å². The van der Waals surface area contributed by atoms with Gasteiger partial charge in [-0.3, -0.25) is 9.78 Å². The maximum absolute atomic E-state index is 12.5. The van der Waals surface area contributed by atoms with Gasteiger partial charge in [0, 0.05) is 23.6 Å². The number of anilines is 2. The first-order valence-corrected chi connectivity index (χ1v) is 9.63. The molecule has 1 amide bonds. The number of carbonyl (C=O) groups excluding carboxylic acids is 1. The van der Waals surface area contributed by atoms with Crippen LogP contribution >= 0.6 is 0 Å². The second-order valence-electron chi connectivity index (χ2n) is 6.95. The normalized spacial score (nSPS) is 13.9. The Morgan fingerprint density at radius 2 is 1.61 bits per heavy atom. The first kappa shape index (κ1) is 18.0. The highest BCUT2D eigenvalue weighted by molar-refractivity contribution is 6.03. The Morgan fingerprint density at radius 1 is 0.893 bits per heavy atom. The van der Waals surface area contributed by atoms with E-state index in [1.54, 1.807) is 12.3 Å². The van der Waals surface area contributed by atoms with E-state index < -0.39 is 0 Å². The minimum absolute atomic E-state index is 0.230. The zero-order chi connectivity index (χ0) is 19.2. The van der Waals surface area contributed by atoms with Crippen LogP contribution in [0.1, 0.15) is 36.2 Å². The standard InChI is InChI=1S/C23H23N3O2/c27-23(22-16-19(14-15-24-22)25-17-6-4-5-7-17)26-18-10-12-21(13-11-18)28-20-8-2-1-3-9-20/h1-3,8-17H,4-7H2,(H,24,25)(H,26,27). The molecule has 5 nitrogen and oxygen atoms in total. The van der Waals surface area contributed by atoms with Crippen molar-refractivity contribution in [2.75, 3.05) is 10.6 Å². The lowest BCUT2D eigenvalue weighted by Crippen LogP contribution is -2.17. The molecule has 4 rings (SSSR count). The van der Waals surface area contributed by atoms with Crippen molar-refractivity contribution in [3.8, 4) is 11.5 Å². The van der Waals surface area contributed by atoms with E-state index >= 15 is 0 Å². The number of amides is 1. The van der Waals surface area contributed by atoms with E-state index in [-0.39, 0.29) is 5.91 Å². The van der Waals surface area contributed by atoms with Gasteiger partial charge in [-0.25, -0.2) is 0 Å². The Labute approximate surface area is 164 Å². The van der Waals surface area contributed by atoms with Crippen molar-refractivity contribution in [1.82, 2.24) is 4.98 Å². The molecule has 1 heterocycles. The highest BCUT2D eigenvalue weighted by atomic mass is 16.5. The van der Waals surface area contributed by atoms with Gasteiger partial charge in [0.25, 0.3) is 5.91 Å². The largest absolute Gasteiger partial charge is 0.457 e. The van der Waals surface area contributed by atoms with Gasteiger partial charge in [0.1, 0.15) is 17.2 Å². The van der Waals surface area contributed by atoms with Crippen molar-refractivity contribution < 1.29 is 9.53 Å². The fourth-order valence-corrected chi connectivity index (χ4v) is 3.38. The van der Waals surface area contributed by atoms with Gasteiger partial charge in [-0.05, 0) is 61.4 Å². The smallest absolute Gasteiger partial charge is 0.274 e. The SMILES string of the molecule is O=C(Nc1ccc(Oc2ccccc2)cc1)c1cc(NC2CCCC2)ccn1. The topological polar surface area (TPSA) is 63.2 Å². The van der Waals surface area contributed by atoms with E-state index in [4.69, 9.17) is 4.74 Å². The number of nitrogens with zero attached hydrogens (tertiary/aromatic N) is 1. The molecule has 0 atom stereocenters. The van der Waals surface area contributed by atoms with Gasteiger partial charge in [0.15, 0.2) is 0 Å². The molecule has 2 aromatic carbocycles. The molecule has 28 heavy (non-hydrogen) atoms. The molecule has 0 bridgehead atoms. The molecule has 1 aromatic heterocycles. The van der Waals surface area contributed by atoms with Gasteiger partial charge < -0.3 is 15.4 Å². The van der Waals surface area contributed by atoms with Gasteiger partial charge in [-0.15, -0.1) is 0 Å². The molecule has 3 aromatic rings. The van der Waals surface area contributed by atoms with Crippen LogP contribution in [0, 0.1) is 0 Å². The first-order valence-electron chi connectivity index (χ1n) is 9.63. The number of hydrogen-bond acceptors (Lipinski definition) is 4. The minimum atomic E-state index is -0.230. The summed E-state index contributed by atoms with van der Waals surface area (Å²) in [5.74, 6) is 1.26. The van der Waals surface area contributed by atoms with Crippen LogP contribution in [0.4, 0.5) is 11.4 Å². The van der Waals surface area contributed by atoms with Crippen LogP contribution in [0.15, 0.2) is 72.9 Å². The predicted octanol–water partition coefficient (Wildman–Crippen LogP) is 5.48. The van der Waals surface area contributed by atoms with Gasteiger partial charge in [-0.2, -0.15) is 0 Å². The van der Waals surface area contributed by atoms with Crippen LogP contribution in [-0.4, -0.2) is 16.9 Å². The molecule has 142 valence electrons. The number of benzene rings is 2. The fourth-order valence-electron chi connectivity index (χ4n) is 3.38. The summed E-state index contributed by atoms with van der Waals surface area (Å²) in [6.07, 6.45) is 6.56. The van der Waals surface area contributed by atoms with E-state index in [1.165, 1.54) is 25.7 Å². The number of rotatable bonds is 6. The van der Waals surface area contributed by atoms with Crippen molar-refractivity contribution in [1.29, 1.82) is 0 Å². The highest BCUT2D eigenvalue weighted by Crippen LogP contribution is 2.24. The second kappa shape index (κ2) is 8.57. The first-order chi connectivity index (χ1) is 13.8. The van der Waals surface area contributed by atoms with E-state index in [9.17, 15) is 4.79 Å². The summed E-state index contributed by atoms with van der Waals surface area (Å²) in [6.45, 7) is 0. The summed E-state index contributed by atoms with van der Waals surface area (Å²) >= 11 is 0. The van der Waals surface area contributed by atoms with Crippen LogP contribution < -0.4 is 15.4 Å². The van der Waals surface area contributed by atoms with E-state index in [1.807, 2.05) is 60.7 Å². The number of aromatic nitrogens is 1. The fraction of sp³-hybridized carbons (Fsp3) is 0.217. The molecular formula is C23H23N3O2. The lowest BCUT2D eigenvalue weighted by atomic mass is 10.2. The molecule has 2 N–H and O–H groups in total. The van der Waals surface area contributed by atoms with Crippen molar-refractivity contribution in [3.63, 3.8) is 0 Å². The molecule has 5 heteroatoms. The average molecular weight is 373 g/mol. The molecule has 1 aliphatic rings. The Balaban J connectivity index is 1.38. The summed E-state index contributed by atoms with van der Waals surface area (Å²) in [6, 6.07) is 21.1.